The molecule has 0 heterocycles. The van der Waals surface area contributed by atoms with Crippen molar-refractivity contribution in [2.45, 2.75) is 71.1 Å². The smallest absolute Gasteiger partial charge is 0.404 e. The number of carbonyl (C=O) groups excluding carboxylic acids is 1. The van der Waals surface area contributed by atoms with E-state index in [2.05, 4.69) is 6.92 Å². The van der Waals surface area contributed by atoms with E-state index in [-0.39, 0.29) is 18.8 Å². The Bertz CT molecular complexity index is 474. The molecule has 4 rings (SSSR count). The lowest BCUT2D eigenvalue weighted by Crippen LogP contribution is -2.57. The number of rotatable bonds is 5. The Morgan fingerprint density at radius 1 is 1.08 bits per heavy atom. The van der Waals surface area contributed by atoms with Gasteiger partial charge in [-0.25, -0.2) is 0 Å². The number of hydrogen-bond acceptors (Lipinski definition) is 3. The molecular formula is C18H27F3O3. The SMILES string of the molecule is CCC(C)(C(=O)OCOC1(C)C2CC3CC(C2)CC1C3)C(F)(F)F. The molecule has 0 amide bonds. The lowest BCUT2D eigenvalue weighted by Gasteiger charge is -2.59. The van der Waals surface area contributed by atoms with Crippen molar-refractivity contribution in [1.82, 2.24) is 0 Å². The van der Waals surface area contributed by atoms with E-state index >= 15 is 0 Å². The van der Waals surface area contributed by atoms with Gasteiger partial charge >= 0.3 is 12.1 Å². The highest BCUT2D eigenvalue weighted by Gasteiger charge is 2.58. The minimum Gasteiger partial charge on any atom is -0.438 e. The van der Waals surface area contributed by atoms with Gasteiger partial charge in [-0.1, -0.05) is 6.92 Å². The monoisotopic (exact) mass is 348 g/mol. The van der Waals surface area contributed by atoms with Crippen LogP contribution in [0, 0.1) is 29.1 Å². The summed E-state index contributed by atoms with van der Waals surface area (Å²) in [7, 11) is 0. The third-order valence-electron chi connectivity index (χ3n) is 7.10. The molecule has 0 spiro atoms. The number of ether oxygens (including phenoxy) is 2. The van der Waals surface area contributed by atoms with Crippen molar-refractivity contribution in [1.29, 1.82) is 0 Å². The molecule has 4 aliphatic rings. The van der Waals surface area contributed by atoms with E-state index in [1.54, 1.807) is 0 Å². The van der Waals surface area contributed by atoms with Crippen molar-refractivity contribution >= 4 is 5.97 Å². The average Bonchev–Trinajstić information content (AvgIpc) is 2.50. The number of esters is 1. The van der Waals surface area contributed by atoms with Gasteiger partial charge in [-0.15, -0.1) is 0 Å². The topological polar surface area (TPSA) is 35.5 Å². The van der Waals surface area contributed by atoms with Gasteiger partial charge in [-0.3, -0.25) is 4.79 Å². The molecule has 0 aromatic carbocycles. The van der Waals surface area contributed by atoms with Crippen molar-refractivity contribution in [2.75, 3.05) is 6.79 Å². The molecule has 24 heavy (non-hydrogen) atoms. The standard InChI is InChI=1S/C18H27F3O3/c1-4-16(2,18(19,20)21)15(22)23-10-24-17(3)13-6-11-5-12(8-13)9-14(17)7-11/h11-14H,4-10H2,1-3H3. The molecule has 0 radical (unpaired) electrons. The molecule has 4 bridgehead atoms. The largest absolute Gasteiger partial charge is 0.438 e. The predicted molar refractivity (Wildman–Crippen MR) is 81.9 cm³/mol. The van der Waals surface area contributed by atoms with Gasteiger partial charge in [0.25, 0.3) is 0 Å². The minimum atomic E-state index is -4.62. The first-order chi connectivity index (χ1) is 11.1. The molecule has 4 fully saturated rings. The quantitative estimate of drug-likeness (QED) is 0.534. The van der Waals surface area contributed by atoms with Gasteiger partial charge in [0.1, 0.15) is 0 Å². The fourth-order valence-corrected chi connectivity index (χ4v) is 5.19. The first-order valence-electron chi connectivity index (χ1n) is 8.98. The van der Waals surface area contributed by atoms with E-state index in [0.717, 1.165) is 44.4 Å². The van der Waals surface area contributed by atoms with E-state index < -0.39 is 17.6 Å². The number of carbonyl (C=O) groups is 1. The highest BCUT2D eigenvalue weighted by molar-refractivity contribution is 5.77. The van der Waals surface area contributed by atoms with Gasteiger partial charge in [-0.05, 0) is 76.0 Å². The van der Waals surface area contributed by atoms with E-state index in [4.69, 9.17) is 9.47 Å². The summed E-state index contributed by atoms with van der Waals surface area (Å²) < 4.78 is 50.2. The molecule has 0 aromatic rings. The van der Waals surface area contributed by atoms with Gasteiger partial charge in [0.15, 0.2) is 12.2 Å². The zero-order valence-electron chi connectivity index (χ0n) is 14.6. The maximum absolute atomic E-state index is 13.1. The highest BCUT2D eigenvalue weighted by atomic mass is 19.4. The number of alkyl halides is 3. The van der Waals surface area contributed by atoms with Crippen molar-refractivity contribution in [2.24, 2.45) is 29.1 Å². The van der Waals surface area contributed by atoms with E-state index in [0.29, 0.717) is 11.8 Å². The maximum atomic E-state index is 13.1. The molecule has 0 aromatic heterocycles. The van der Waals surface area contributed by atoms with Crippen LogP contribution >= 0.6 is 0 Å². The summed E-state index contributed by atoms with van der Waals surface area (Å²) in [5.74, 6) is 1.19. The summed E-state index contributed by atoms with van der Waals surface area (Å²) in [6.45, 7) is 3.90. The number of halogens is 3. The van der Waals surface area contributed by atoms with Crippen LogP contribution in [0.25, 0.3) is 0 Å². The molecule has 3 nitrogen and oxygen atoms in total. The second-order valence-corrected chi connectivity index (χ2v) is 8.37. The van der Waals surface area contributed by atoms with Gasteiger partial charge in [-0.2, -0.15) is 13.2 Å². The maximum Gasteiger partial charge on any atom is 0.404 e. The van der Waals surface area contributed by atoms with Gasteiger partial charge < -0.3 is 9.47 Å². The van der Waals surface area contributed by atoms with Gasteiger partial charge in [0.2, 0.25) is 0 Å². The Labute approximate surface area is 141 Å². The summed E-state index contributed by atoms with van der Waals surface area (Å²) in [5.41, 5.74) is -2.84. The molecule has 0 aliphatic heterocycles. The second-order valence-electron chi connectivity index (χ2n) is 8.37. The summed E-state index contributed by atoms with van der Waals surface area (Å²) in [4.78, 5) is 12.0. The number of hydrogen-bond donors (Lipinski definition) is 0. The van der Waals surface area contributed by atoms with Crippen molar-refractivity contribution in [3.05, 3.63) is 0 Å². The Kier molecular flexibility index (Phi) is 4.42. The Morgan fingerprint density at radius 3 is 2.00 bits per heavy atom. The van der Waals surface area contributed by atoms with Gasteiger partial charge in [0, 0.05) is 0 Å². The third kappa shape index (κ3) is 2.74. The van der Waals surface area contributed by atoms with E-state index in [9.17, 15) is 18.0 Å². The van der Waals surface area contributed by atoms with Crippen LogP contribution in [0.3, 0.4) is 0 Å². The molecule has 1 atom stereocenters. The van der Waals surface area contributed by atoms with Crippen LogP contribution in [-0.2, 0) is 14.3 Å². The molecule has 4 aliphatic carbocycles. The lowest BCUT2D eigenvalue weighted by atomic mass is 9.50. The Hall–Kier alpha value is -0.780. The summed E-state index contributed by atoms with van der Waals surface area (Å²) in [6.07, 6.45) is 0.879. The zero-order chi connectivity index (χ0) is 17.8. The summed E-state index contributed by atoms with van der Waals surface area (Å²) in [6, 6.07) is 0. The second kappa shape index (κ2) is 5.89. The third-order valence-corrected chi connectivity index (χ3v) is 7.10. The molecule has 0 saturated heterocycles. The van der Waals surface area contributed by atoms with E-state index in [1.807, 2.05) is 0 Å². The summed E-state index contributed by atoms with van der Waals surface area (Å²) >= 11 is 0. The molecule has 0 N–H and O–H groups in total. The summed E-state index contributed by atoms with van der Waals surface area (Å²) in [5, 5.41) is 0. The first-order valence-corrected chi connectivity index (χ1v) is 8.98. The van der Waals surface area contributed by atoms with Crippen LogP contribution in [0.5, 0.6) is 0 Å². The minimum absolute atomic E-state index is 0.346. The van der Waals surface area contributed by atoms with Crippen LogP contribution in [-0.4, -0.2) is 24.5 Å². The normalized spacial score (nSPS) is 40.4. The van der Waals surface area contributed by atoms with Gasteiger partial charge in [0.05, 0.1) is 5.60 Å². The van der Waals surface area contributed by atoms with Crippen LogP contribution < -0.4 is 0 Å². The van der Waals surface area contributed by atoms with Crippen LogP contribution in [0.2, 0.25) is 0 Å². The molecule has 138 valence electrons. The van der Waals surface area contributed by atoms with Crippen molar-refractivity contribution < 1.29 is 27.4 Å². The molecule has 1 unspecified atom stereocenters. The molecule has 6 heteroatoms. The van der Waals surface area contributed by atoms with Crippen molar-refractivity contribution in [3.63, 3.8) is 0 Å². The van der Waals surface area contributed by atoms with Crippen LogP contribution in [0.15, 0.2) is 0 Å². The fourth-order valence-electron chi connectivity index (χ4n) is 5.19. The van der Waals surface area contributed by atoms with Crippen LogP contribution in [0.4, 0.5) is 13.2 Å². The highest BCUT2D eigenvalue weighted by Crippen LogP contribution is 2.59. The zero-order valence-corrected chi connectivity index (χ0v) is 14.6. The predicted octanol–water partition coefficient (Wildman–Crippen LogP) is 4.70. The van der Waals surface area contributed by atoms with Crippen LogP contribution in [0.1, 0.15) is 59.3 Å². The van der Waals surface area contributed by atoms with E-state index in [1.165, 1.54) is 13.3 Å². The molecule has 4 saturated carbocycles. The fraction of sp³-hybridized carbons (Fsp3) is 0.944. The average molecular weight is 348 g/mol. The Morgan fingerprint density at radius 2 is 1.58 bits per heavy atom. The lowest BCUT2D eigenvalue weighted by molar-refractivity contribution is -0.254. The Balaban J connectivity index is 1.59. The van der Waals surface area contributed by atoms with Crippen molar-refractivity contribution in [3.8, 4) is 0 Å². The first kappa shape index (κ1) is 18.0. The molecular weight excluding hydrogens is 321 g/mol.